The Morgan fingerprint density at radius 2 is 1.55 bits per heavy atom. The first-order valence-corrected chi connectivity index (χ1v) is 11.4. The second-order valence-electron chi connectivity index (χ2n) is 7.04. The fraction of sp³-hybridized carbons (Fsp3) is 0.136. The standard InChI is InChI=1S/C22H21N5O3S/c1-26(17-8-12-20(13-9-17)30-19-6-4-3-5-7-19)16-22-23-24-25-27(22)18-10-14-21(15-11-18)31(2,28)29/h3-15H,16H2,1-2H3. The summed E-state index contributed by atoms with van der Waals surface area (Å²) in [6, 6.07) is 23.8. The molecular weight excluding hydrogens is 414 g/mol. The number of tetrazole rings is 1. The Morgan fingerprint density at radius 3 is 2.19 bits per heavy atom. The van der Waals surface area contributed by atoms with Crippen LogP contribution in [0.1, 0.15) is 5.82 Å². The zero-order valence-electron chi connectivity index (χ0n) is 17.1. The molecule has 0 spiro atoms. The van der Waals surface area contributed by atoms with Gasteiger partial charge in [0, 0.05) is 19.0 Å². The van der Waals surface area contributed by atoms with E-state index in [1.54, 1.807) is 28.9 Å². The lowest BCUT2D eigenvalue weighted by atomic mass is 10.2. The van der Waals surface area contributed by atoms with Crippen molar-refractivity contribution in [3.05, 3.63) is 84.7 Å². The molecule has 0 unspecified atom stereocenters. The molecule has 3 aromatic carbocycles. The molecule has 0 aliphatic carbocycles. The van der Waals surface area contributed by atoms with Crippen molar-refractivity contribution < 1.29 is 13.2 Å². The van der Waals surface area contributed by atoms with Crippen molar-refractivity contribution >= 4 is 15.5 Å². The third kappa shape index (κ3) is 4.89. The van der Waals surface area contributed by atoms with Crippen LogP contribution < -0.4 is 9.64 Å². The van der Waals surface area contributed by atoms with Crippen LogP contribution in [0.2, 0.25) is 0 Å². The van der Waals surface area contributed by atoms with Crippen molar-refractivity contribution in [2.45, 2.75) is 11.4 Å². The molecule has 1 heterocycles. The molecule has 0 saturated heterocycles. The van der Waals surface area contributed by atoms with Crippen LogP contribution in [0, 0.1) is 0 Å². The monoisotopic (exact) mass is 435 g/mol. The summed E-state index contributed by atoms with van der Waals surface area (Å²) in [5, 5.41) is 11.9. The van der Waals surface area contributed by atoms with Gasteiger partial charge in [0.05, 0.1) is 17.1 Å². The van der Waals surface area contributed by atoms with Crippen molar-refractivity contribution in [1.82, 2.24) is 20.2 Å². The lowest BCUT2D eigenvalue weighted by Crippen LogP contribution is -2.19. The molecule has 31 heavy (non-hydrogen) atoms. The first-order valence-electron chi connectivity index (χ1n) is 9.52. The van der Waals surface area contributed by atoms with Gasteiger partial charge >= 0.3 is 0 Å². The average Bonchev–Trinajstić information content (AvgIpc) is 3.22. The van der Waals surface area contributed by atoms with E-state index >= 15 is 0 Å². The van der Waals surface area contributed by atoms with Gasteiger partial charge in [-0.3, -0.25) is 0 Å². The van der Waals surface area contributed by atoms with Crippen LogP contribution in [0.5, 0.6) is 11.5 Å². The lowest BCUT2D eigenvalue weighted by Gasteiger charge is -2.19. The van der Waals surface area contributed by atoms with Crippen LogP contribution in [-0.4, -0.2) is 41.9 Å². The van der Waals surface area contributed by atoms with Crippen LogP contribution in [0.4, 0.5) is 5.69 Å². The second kappa shape index (κ2) is 8.57. The highest BCUT2D eigenvalue weighted by Gasteiger charge is 2.13. The molecule has 0 radical (unpaired) electrons. The van der Waals surface area contributed by atoms with Crippen molar-refractivity contribution in [2.24, 2.45) is 0 Å². The summed E-state index contributed by atoms with van der Waals surface area (Å²) in [6.07, 6.45) is 1.18. The zero-order chi connectivity index (χ0) is 21.8. The summed E-state index contributed by atoms with van der Waals surface area (Å²) in [4.78, 5) is 2.26. The Hall–Kier alpha value is -3.72. The Labute approximate surface area is 180 Å². The number of anilines is 1. The average molecular weight is 436 g/mol. The third-order valence-corrected chi connectivity index (χ3v) is 5.81. The highest BCUT2D eigenvalue weighted by atomic mass is 32.2. The Balaban J connectivity index is 1.47. The fourth-order valence-electron chi connectivity index (χ4n) is 3.04. The summed E-state index contributed by atoms with van der Waals surface area (Å²) in [6.45, 7) is 0.458. The van der Waals surface area contributed by atoms with Gasteiger partial charge in [-0.15, -0.1) is 5.10 Å². The predicted molar refractivity (Wildman–Crippen MR) is 117 cm³/mol. The largest absolute Gasteiger partial charge is 0.457 e. The minimum atomic E-state index is -3.26. The van der Waals surface area contributed by atoms with Crippen LogP contribution >= 0.6 is 0 Å². The van der Waals surface area contributed by atoms with Crippen LogP contribution in [0.3, 0.4) is 0 Å². The maximum Gasteiger partial charge on any atom is 0.175 e. The Morgan fingerprint density at radius 1 is 0.903 bits per heavy atom. The number of rotatable bonds is 7. The summed E-state index contributed by atoms with van der Waals surface area (Å²) in [7, 11) is -1.31. The van der Waals surface area contributed by atoms with E-state index in [1.165, 1.54) is 6.26 Å². The molecule has 4 rings (SSSR count). The molecule has 0 fully saturated rings. The first kappa shape index (κ1) is 20.5. The van der Waals surface area contributed by atoms with Gasteiger partial charge in [-0.2, -0.15) is 4.68 Å². The smallest absolute Gasteiger partial charge is 0.175 e. The quantitative estimate of drug-likeness (QED) is 0.439. The number of ether oxygens (including phenoxy) is 1. The molecular formula is C22H21N5O3S. The normalized spacial score (nSPS) is 11.3. The number of hydrogen-bond donors (Lipinski definition) is 0. The minimum absolute atomic E-state index is 0.251. The SMILES string of the molecule is CN(Cc1nnnn1-c1ccc(S(C)(=O)=O)cc1)c1ccc(Oc2ccccc2)cc1. The van der Waals surface area contributed by atoms with E-state index in [2.05, 4.69) is 15.5 Å². The van der Waals surface area contributed by atoms with Crippen molar-refractivity contribution in [3.8, 4) is 17.2 Å². The molecule has 158 valence electrons. The lowest BCUT2D eigenvalue weighted by molar-refractivity contribution is 0.482. The Kier molecular flexibility index (Phi) is 5.68. The van der Waals surface area contributed by atoms with Crippen LogP contribution in [0.25, 0.3) is 5.69 Å². The molecule has 1 aromatic heterocycles. The summed E-state index contributed by atoms with van der Waals surface area (Å²) < 4.78 is 30.8. The molecule has 9 heteroatoms. The second-order valence-corrected chi connectivity index (χ2v) is 9.05. The van der Waals surface area contributed by atoms with Gasteiger partial charge in [-0.05, 0) is 71.1 Å². The number of nitrogens with zero attached hydrogens (tertiary/aromatic N) is 5. The van der Waals surface area contributed by atoms with Gasteiger partial charge in [0.1, 0.15) is 11.5 Å². The maximum atomic E-state index is 11.7. The van der Waals surface area contributed by atoms with Crippen molar-refractivity contribution in [2.75, 3.05) is 18.2 Å². The predicted octanol–water partition coefficient (Wildman–Crippen LogP) is 3.49. The Bertz CT molecular complexity index is 1250. The highest BCUT2D eigenvalue weighted by molar-refractivity contribution is 7.90. The zero-order valence-corrected chi connectivity index (χ0v) is 17.9. The summed E-state index contributed by atoms with van der Waals surface area (Å²) in [5.74, 6) is 2.16. The number of sulfone groups is 1. The molecule has 0 atom stereocenters. The highest BCUT2D eigenvalue weighted by Crippen LogP contribution is 2.24. The van der Waals surface area contributed by atoms with E-state index < -0.39 is 9.84 Å². The number of hydrogen-bond acceptors (Lipinski definition) is 7. The number of benzene rings is 3. The van der Waals surface area contributed by atoms with E-state index in [1.807, 2.05) is 66.5 Å². The fourth-order valence-corrected chi connectivity index (χ4v) is 3.67. The van der Waals surface area contributed by atoms with Gasteiger partial charge in [-0.25, -0.2) is 8.42 Å². The van der Waals surface area contributed by atoms with Gasteiger partial charge in [-0.1, -0.05) is 18.2 Å². The van der Waals surface area contributed by atoms with Crippen LogP contribution in [-0.2, 0) is 16.4 Å². The van der Waals surface area contributed by atoms with Crippen LogP contribution in [0.15, 0.2) is 83.8 Å². The molecule has 0 aliphatic rings. The van der Waals surface area contributed by atoms with E-state index in [-0.39, 0.29) is 4.90 Å². The number of aromatic nitrogens is 4. The summed E-state index contributed by atoms with van der Waals surface area (Å²) >= 11 is 0. The van der Waals surface area contributed by atoms with E-state index in [9.17, 15) is 8.42 Å². The third-order valence-electron chi connectivity index (χ3n) is 4.68. The van der Waals surface area contributed by atoms with Crippen molar-refractivity contribution in [1.29, 1.82) is 0 Å². The summed E-state index contributed by atoms with van der Waals surface area (Å²) in [5.41, 5.74) is 1.66. The molecule has 8 nitrogen and oxygen atoms in total. The number of para-hydroxylation sites is 1. The first-order chi connectivity index (χ1) is 14.9. The molecule has 0 saturated carbocycles. The van der Waals surface area contributed by atoms with Crippen molar-refractivity contribution in [3.63, 3.8) is 0 Å². The molecule has 0 aliphatic heterocycles. The maximum absolute atomic E-state index is 11.7. The molecule has 0 bridgehead atoms. The van der Waals surface area contributed by atoms with Gasteiger partial charge in [0.15, 0.2) is 15.7 Å². The molecule has 4 aromatic rings. The topological polar surface area (TPSA) is 90.2 Å². The van der Waals surface area contributed by atoms with Gasteiger partial charge < -0.3 is 9.64 Å². The molecule has 0 amide bonds. The minimum Gasteiger partial charge on any atom is -0.457 e. The van der Waals surface area contributed by atoms with E-state index in [4.69, 9.17) is 4.74 Å². The van der Waals surface area contributed by atoms with E-state index in [0.717, 1.165) is 17.2 Å². The van der Waals surface area contributed by atoms with Gasteiger partial charge in [0.25, 0.3) is 0 Å². The van der Waals surface area contributed by atoms with E-state index in [0.29, 0.717) is 18.1 Å². The molecule has 0 N–H and O–H groups in total. The van der Waals surface area contributed by atoms with Gasteiger partial charge in [0.2, 0.25) is 0 Å².